The molecule has 0 amide bonds. The molecule has 0 bridgehead atoms. The molecule has 0 aromatic heterocycles. The van der Waals surface area contributed by atoms with Crippen LogP contribution in [0.4, 0.5) is 5.69 Å². The third kappa shape index (κ3) is 7.51. The second-order valence-electron chi connectivity index (χ2n) is 10.4. The molecule has 38 heavy (non-hydrogen) atoms. The molecule has 1 aliphatic carbocycles. The van der Waals surface area contributed by atoms with Gasteiger partial charge >= 0.3 is 0 Å². The molecular weight excluding hydrogens is 504 g/mol. The highest BCUT2D eigenvalue weighted by Crippen LogP contribution is 2.53. The molecule has 9 heteroatoms. The zero-order chi connectivity index (χ0) is 27.9. The number of ether oxygens (including phenoxy) is 1. The first kappa shape index (κ1) is 29.5. The van der Waals surface area contributed by atoms with Gasteiger partial charge in [-0.25, -0.2) is 0 Å². The van der Waals surface area contributed by atoms with E-state index in [-0.39, 0.29) is 23.8 Å². The number of hydrogen-bond donors (Lipinski definition) is 2. The number of carboxylic acids is 1. The van der Waals surface area contributed by atoms with Crippen LogP contribution in [0.15, 0.2) is 52.9 Å². The number of para-hydroxylation sites is 1. The summed E-state index contributed by atoms with van der Waals surface area (Å²) in [6.07, 6.45) is 9.26. The monoisotopic (exact) mass is 541 g/mol. The van der Waals surface area contributed by atoms with Crippen LogP contribution >= 0.6 is 11.9 Å². The summed E-state index contributed by atoms with van der Waals surface area (Å²) in [5.41, 5.74) is 3.39. The number of carboxylic acid groups (broad SMARTS) is 1. The van der Waals surface area contributed by atoms with Gasteiger partial charge in [0.2, 0.25) is 0 Å². The Morgan fingerprint density at radius 2 is 2.00 bits per heavy atom. The largest absolute Gasteiger partial charge is 0.549 e. The Balaban J connectivity index is 0.000000232. The topological polar surface area (TPSA) is 125 Å². The SMILES string of the molecule is CCCCCc1cc(O)c2c(c1)OC(C)(C)[C@@H]1CCC(C)=C[C@@H]21.O=C([O-])CNSc1ccccc1[N+](=O)[O-]. The summed E-state index contributed by atoms with van der Waals surface area (Å²) < 4.78 is 8.81. The zero-order valence-electron chi connectivity index (χ0n) is 22.5. The summed E-state index contributed by atoms with van der Waals surface area (Å²) >= 11 is 0.891. The lowest BCUT2D eigenvalue weighted by Gasteiger charge is -2.46. The van der Waals surface area contributed by atoms with Crippen LogP contribution in [-0.2, 0) is 11.2 Å². The second-order valence-corrected chi connectivity index (χ2v) is 11.3. The predicted molar refractivity (Wildman–Crippen MR) is 147 cm³/mol. The Morgan fingerprint density at radius 1 is 1.26 bits per heavy atom. The number of allylic oxidation sites excluding steroid dienone is 2. The molecule has 0 saturated carbocycles. The molecule has 2 aromatic carbocycles. The number of rotatable bonds is 9. The van der Waals surface area contributed by atoms with Crippen molar-refractivity contribution < 1.29 is 24.7 Å². The van der Waals surface area contributed by atoms with Crippen molar-refractivity contribution in [1.29, 1.82) is 0 Å². The molecular formula is C29H37N2O6S-. The van der Waals surface area contributed by atoms with Crippen molar-refractivity contribution in [2.45, 2.75) is 82.6 Å². The number of unbranched alkanes of at least 4 members (excludes halogenated alkanes) is 2. The highest BCUT2D eigenvalue weighted by atomic mass is 32.2. The molecule has 0 spiro atoms. The van der Waals surface area contributed by atoms with Crippen molar-refractivity contribution in [1.82, 2.24) is 4.72 Å². The standard InChI is InChI=1S/C21H30O2.C8H8N2O4S/c1-5-6-7-8-15-12-18(22)20-16-11-14(2)9-10-17(16)21(3,4)23-19(20)13-15;11-8(12)5-9-15-7-4-2-1-3-6(7)10(13)14/h11-13,16-17,22H,5-10H2,1-4H3;1-4,9H,5H2,(H,11,12)/p-1/t16-,17-;/m1./s1. The number of nitrogens with zero attached hydrogens (tertiary/aromatic N) is 1. The van der Waals surface area contributed by atoms with Crippen LogP contribution in [0.5, 0.6) is 11.5 Å². The summed E-state index contributed by atoms with van der Waals surface area (Å²) in [6, 6.07) is 10.2. The van der Waals surface area contributed by atoms with Crippen LogP contribution in [-0.4, -0.2) is 28.1 Å². The van der Waals surface area contributed by atoms with E-state index >= 15 is 0 Å². The van der Waals surface area contributed by atoms with Gasteiger partial charge in [0.05, 0.1) is 10.9 Å². The number of phenolic OH excluding ortho intramolecular Hbond substituents is 1. The van der Waals surface area contributed by atoms with Crippen molar-refractivity contribution >= 4 is 23.6 Å². The fraction of sp³-hybridized carbons (Fsp3) is 0.483. The Kier molecular flexibility index (Phi) is 10.2. The maximum Gasteiger partial charge on any atom is 0.284 e. The van der Waals surface area contributed by atoms with Crippen LogP contribution in [0.2, 0.25) is 0 Å². The first-order chi connectivity index (χ1) is 18.0. The molecule has 206 valence electrons. The Bertz CT molecular complexity index is 1180. The highest BCUT2D eigenvalue weighted by molar-refractivity contribution is 7.97. The average molecular weight is 542 g/mol. The zero-order valence-corrected chi connectivity index (χ0v) is 23.3. The molecule has 2 aliphatic rings. The molecule has 0 unspecified atom stereocenters. The van der Waals surface area contributed by atoms with Gasteiger partial charge in [-0.3, -0.25) is 14.8 Å². The number of benzene rings is 2. The smallest absolute Gasteiger partial charge is 0.284 e. The normalized spacial score (nSPS) is 19.1. The van der Waals surface area contributed by atoms with Gasteiger partial charge in [0.1, 0.15) is 22.0 Å². The van der Waals surface area contributed by atoms with Gasteiger partial charge in [-0.15, -0.1) is 0 Å². The number of carbonyl (C=O) groups is 1. The van der Waals surface area contributed by atoms with Crippen LogP contribution in [0.25, 0.3) is 0 Å². The molecule has 2 aromatic rings. The number of fused-ring (bicyclic) bond motifs is 3. The summed E-state index contributed by atoms with van der Waals surface area (Å²) in [6.45, 7) is 8.45. The van der Waals surface area contributed by atoms with Crippen LogP contribution in [0, 0.1) is 16.0 Å². The van der Waals surface area contributed by atoms with E-state index < -0.39 is 10.9 Å². The molecule has 0 fully saturated rings. The number of aryl methyl sites for hydroxylation is 1. The van der Waals surface area contributed by atoms with Crippen molar-refractivity contribution in [3.05, 3.63) is 69.3 Å². The molecule has 1 heterocycles. The van der Waals surface area contributed by atoms with Gasteiger partial charge in [-0.05, 0) is 82.2 Å². The van der Waals surface area contributed by atoms with Crippen molar-refractivity contribution in [2.24, 2.45) is 5.92 Å². The molecule has 2 N–H and O–H groups in total. The summed E-state index contributed by atoms with van der Waals surface area (Å²) in [5.74, 6) is 0.781. The van der Waals surface area contributed by atoms with Gasteiger partial charge in [-0.1, -0.05) is 43.5 Å². The minimum atomic E-state index is -1.26. The number of phenols is 1. The number of nitro groups is 1. The van der Waals surface area contributed by atoms with E-state index in [1.54, 1.807) is 12.1 Å². The first-order valence-corrected chi connectivity index (χ1v) is 13.9. The van der Waals surface area contributed by atoms with E-state index in [0.717, 1.165) is 42.5 Å². The Morgan fingerprint density at radius 3 is 2.68 bits per heavy atom. The third-order valence-corrected chi connectivity index (χ3v) is 7.91. The lowest BCUT2D eigenvalue weighted by molar-refractivity contribution is -0.387. The summed E-state index contributed by atoms with van der Waals surface area (Å²) in [4.78, 5) is 20.5. The molecule has 0 radical (unpaired) electrons. The Hall–Kier alpha value is -3.04. The summed E-state index contributed by atoms with van der Waals surface area (Å²) in [5, 5.41) is 31.3. The highest BCUT2D eigenvalue weighted by Gasteiger charge is 2.45. The fourth-order valence-electron chi connectivity index (χ4n) is 5.17. The lowest BCUT2D eigenvalue weighted by Crippen LogP contribution is -2.45. The van der Waals surface area contributed by atoms with Gasteiger partial charge in [0.15, 0.2) is 0 Å². The fourth-order valence-corrected chi connectivity index (χ4v) is 5.91. The molecule has 4 rings (SSSR count). The van der Waals surface area contributed by atoms with Crippen LogP contribution < -0.4 is 14.6 Å². The quantitative estimate of drug-likeness (QED) is 0.137. The van der Waals surface area contributed by atoms with Crippen LogP contribution in [0.1, 0.15) is 76.8 Å². The van der Waals surface area contributed by atoms with Crippen molar-refractivity contribution in [3.63, 3.8) is 0 Å². The number of nitrogens with one attached hydrogen (secondary N) is 1. The predicted octanol–water partition coefficient (Wildman–Crippen LogP) is 5.68. The van der Waals surface area contributed by atoms with Crippen LogP contribution in [0.3, 0.4) is 0 Å². The maximum atomic E-state index is 10.7. The number of nitro benzene ring substituents is 1. The van der Waals surface area contributed by atoms with Gasteiger partial charge in [0.25, 0.3) is 5.69 Å². The third-order valence-electron chi connectivity index (χ3n) is 7.06. The minimum Gasteiger partial charge on any atom is -0.549 e. The van der Waals surface area contributed by atoms with E-state index in [2.05, 4.69) is 44.6 Å². The minimum absolute atomic E-state index is 0.0617. The number of carbonyl (C=O) groups excluding carboxylic acids is 1. The van der Waals surface area contributed by atoms with Crippen molar-refractivity contribution in [3.8, 4) is 11.5 Å². The van der Waals surface area contributed by atoms with E-state index in [9.17, 15) is 25.1 Å². The average Bonchev–Trinajstić information content (AvgIpc) is 2.83. The molecule has 0 saturated heterocycles. The van der Waals surface area contributed by atoms with Gasteiger partial charge in [0, 0.05) is 30.0 Å². The number of aromatic hydroxyl groups is 1. The van der Waals surface area contributed by atoms with Crippen molar-refractivity contribution in [2.75, 3.05) is 6.54 Å². The number of aliphatic carboxylic acids is 1. The maximum absolute atomic E-state index is 10.7. The molecule has 1 aliphatic heterocycles. The van der Waals surface area contributed by atoms with Gasteiger partial charge in [-0.2, -0.15) is 0 Å². The van der Waals surface area contributed by atoms with Gasteiger partial charge < -0.3 is 19.7 Å². The second kappa shape index (κ2) is 13.2. The first-order valence-electron chi connectivity index (χ1n) is 13.1. The van der Waals surface area contributed by atoms with E-state index in [1.165, 1.54) is 42.5 Å². The van der Waals surface area contributed by atoms with E-state index in [0.29, 0.717) is 16.6 Å². The van der Waals surface area contributed by atoms with E-state index in [4.69, 9.17) is 4.74 Å². The summed E-state index contributed by atoms with van der Waals surface area (Å²) in [7, 11) is 0. The molecule has 2 atom stereocenters. The Labute approximate surface area is 228 Å². The van der Waals surface area contributed by atoms with E-state index in [1.807, 2.05) is 6.07 Å². The lowest BCUT2D eigenvalue weighted by atomic mass is 9.68. The number of hydrogen-bond acceptors (Lipinski definition) is 8. The molecule has 8 nitrogen and oxygen atoms in total.